The molecule has 0 amide bonds. The molecule has 18 heavy (non-hydrogen) atoms. The quantitative estimate of drug-likeness (QED) is 0.900. The first-order valence-corrected chi connectivity index (χ1v) is 5.21. The number of hydrogen-bond donors (Lipinski definition) is 1. The molecule has 6 nitrogen and oxygen atoms in total. The summed E-state index contributed by atoms with van der Waals surface area (Å²) in [6, 6.07) is 1.19. The third-order valence-electron chi connectivity index (χ3n) is 2.31. The minimum Gasteiger partial charge on any atom is -0.355 e. The average molecular weight is 255 g/mol. The molecule has 0 aliphatic carbocycles. The van der Waals surface area contributed by atoms with E-state index in [9.17, 15) is 8.78 Å². The largest absolute Gasteiger partial charge is 0.355 e. The van der Waals surface area contributed by atoms with E-state index in [1.54, 1.807) is 13.8 Å². The first kappa shape index (κ1) is 12.3. The molecule has 2 aromatic rings. The van der Waals surface area contributed by atoms with E-state index in [2.05, 4.69) is 30.2 Å². The monoisotopic (exact) mass is 255 g/mol. The van der Waals surface area contributed by atoms with Crippen LogP contribution in [0.1, 0.15) is 29.3 Å². The fraction of sp³-hybridized carbons (Fsp3) is 0.400. The predicted molar refractivity (Wildman–Crippen MR) is 58.1 cm³/mol. The first-order valence-electron chi connectivity index (χ1n) is 5.21. The lowest BCUT2D eigenvalue weighted by molar-refractivity contribution is 0.112. The van der Waals surface area contributed by atoms with E-state index in [0.29, 0.717) is 11.6 Å². The summed E-state index contributed by atoms with van der Waals surface area (Å²) in [4.78, 5) is 4.14. The number of halogens is 2. The zero-order chi connectivity index (χ0) is 13.1. The molecule has 0 radical (unpaired) electrons. The van der Waals surface area contributed by atoms with Crippen LogP contribution in [0.15, 0.2) is 10.6 Å². The van der Waals surface area contributed by atoms with Gasteiger partial charge in [-0.2, -0.15) is 5.10 Å². The SMILES string of the molecule is Cc1nnc(NCc2cc(C(F)F)on2)nc1C. The number of anilines is 1. The lowest BCUT2D eigenvalue weighted by Crippen LogP contribution is -2.07. The van der Waals surface area contributed by atoms with Crippen LogP contribution in [0.5, 0.6) is 0 Å². The standard InChI is InChI=1S/C10H11F2N5O/c1-5-6(2)15-16-10(14-5)13-4-7-3-8(9(11)12)18-17-7/h3,9H,4H2,1-2H3,(H,13,14,16). The van der Waals surface area contributed by atoms with E-state index in [4.69, 9.17) is 0 Å². The summed E-state index contributed by atoms with van der Waals surface area (Å²) in [5, 5.41) is 14.0. The Morgan fingerprint density at radius 3 is 2.67 bits per heavy atom. The summed E-state index contributed by atoms with van der Waals surface area (Å²) >= 11 is 0. The average Bonchev–Trinajstić information content (AvgIpc) is 2.79. The molecule has 0 aromatic carbocycles. The minimum absolute atomic E-state index is 0.195. The highest BCUT2D eigenvalue weighted by molar-refractivity contribution is 5.26. The maximum Gasteiger partial charge on any atom is 0.298 e. The molecule has 0 fully saturated rings. The number of nitrogens with zero attached hydrogens (tertiary/aromatic N) is 4. The zero-order valence-corrected chi connectivity index (χ0v) is 9.81. The predicted octanol–water partition coefficient (Wildman–Crippen LogP) is 2.03. The van der Waals surface area contributed by atoms with Gasteiger partial charge in [0, 0.05) is 6.07 Å². The first-order chi connectivity index (χ1) is 8.56. The molecular formula is C10H11F2N5O. The molecule has 2 heterocycles. The molecule has 2 rings (SSSR count). The van der Waals surface area contributed by atoms with Crippen LogP contribution in [0.2, 0.25) is 0 Å². The smallest absolute Gasteiger partial charge is 0.298 e. The van der Waals surface area contributed by atoms with Gasteiger partial charge in [0.25, 0.3) is 6.43 Å². The molecule has 8 heteroatoms. The number of rotatable bonds is 4. The molecule has 0 saturated heterocycles. The summed E-state index contributed by atoms with van der Waals surface area (Å²) in [7, 11) is 0. The number of alkyl halides is 2. The Balaban J connectivity index is 2.00. The second-order valence-electron chi connectivity index (χ2n) is 3.68. The molecule has 0 aliphatic rings. The fourth-order valence-electron chi connectivity index (χ4n) is 1.22. The van der Waals surface area contributed by atoms with Gasteiger partial charge in [-0.25, -0.2) is 13.8 Å². The van der Waals surface area contributed by atoms with Gasteiger partial charge in [0.2, 0.25) is 11.7 Å². The van der Waals surface area contributed by atoms with E-state index in [-0.39, 0.29) is 6.54 Å². The van der Waals surface area contributed by atoms with E-state index >= 15 is 0 Å². The molecule has 0 unspecified atom stereocenters. The van der Waals surface area contributed by atoms with E-state index in [0.717, 1.165) is 11.4 Å². The van der Waals surface area contributed by atoms with Gasteiger partial charge < -0.3 is 9.84 Å². The third kappa shape index (κ3) is 2.76. The van der Waals surface area contributed by atoms with Crippen LogP contribution in [0.25, 0.3) is 0 Å². The minimum atomic E-state index is -2.66. The van der Waals surface area contributed by atoms with Crippen LogP contribution in [-0.2, 0) is 6.54 Å². The molecule has 1 N–H and O–H groups in total. The van der Waals surface area contributed by atoms with Crippen LogP contribution >= 0.6 is 0 Å². The number of nitrogens with one attached hydrogen (secondary N) is 1. The van der Waals surface area contributed by atoms with Gasteiger partial charge in [0.1, 0.15) is 5.69 Å². The second-order valence-corrected chi connectivity index (χ2v) is 3.68. The van der Waals surface area contributed by atoms with Crippen molar-refractivity contribution < 1.29 is 13.3 Å². The van der Waals surface area contributed by atoms with E-state index in [1.165, 1.54) is 6.07 Å². The van der Waals surface area contributed by atoms with Gasteiger partial charge in [0.05, 0.1) is 17.9 Å². The number of aryl methyl sites for hydroxylation is 2. The lowest BCUT2D eigenvalue weighted by Gasteiger charge is -2.03. The summed E-state index contributed by atoms with van der Waals surface area (Å²) in [6.07, 6.45) is -2.66. The van der Waals surface area contributed by atoms with Crippen molar-refractivity contribution >= 4 is 5.95 Å². The van der Waals surface area contributed by atoms with Gasteiger partial charge in [-0.05, 0) is 13.8 Å². The molecule has 0 atom stereocenters. The van der Waals surface area contributed by atoms with Crippen molar-refractivity contribution in [3.63, 3.8) is 0 Å². The molecule has 2 aromatic heterocycles. The van der Waals surface area contributed by atoms with Crippen molar-refractivity contribution in [3.05, 3.63) is 28.9 Å². The van der Waals surface area contributed by atoms with Gasteiger partial charge in [-0.3, -0.25) is 0 Å². The summed E-state index contributed by atoms with van der Waals surface area (Å²) in [5.74, 6) is -0.134. The van der Waals surface area contributed by atoms with Crippen molar-refractivity contribution in [2.75, 3.05) is 5.32 Å². The Morgan fingerprint density at radius 1 is 1.28 bits per heavy atom. The van der Waals surface area contributed by atoms with Gasteiger partial charge in [-0.15, -0.1) is 5.10 Å². The van der Waals surface area contributed by atoms with Gasteiger partial charge in [-0.1, -0.05) is 5.16 Å². The highest BCUT2D eigenvalue weighted by Gasteiger charge is 2.14. The summed E-state index contributed by atoms with van der Waals surface area (Å²) < 4.78 is 29.0. The van der Waals surface area contributed by atoms with Crippen LogP contribution < -0.4 is 5.32 Å². The van der Waals surface area contributed by atoms with E-state index < -0.39 is 12.2 Å². The fourth-order valence-corrected chi connectivity index (χ4v) is 1.22. The summed E-state index contributed by atoms with van der Waals surface area (Å²) in [5.41, 5.74) is 1.84. The van der Waals surface area contributed by atoms with Crippen LogP contribution in [0.4, 0.5) is 14.7 Å². The van der Waals surface area contributed by atoms with Crippen LogP contribution in [0, 0.1) is 13.8 Å². The Hall–Kier alpha value is -2.12. The molecule has 0 spiro atoms. The molecular weight excluding hydrogens is 244 g/mol. The van der Waals surface area contributed by atoms with Crippen molar-refractivity contribution in [3.8, 4) is 0 Å². The van der Waals surface area contributed by atoms with Crippen molar-refractivity contribution in [1.82, 2.24) is 20.3 Å². The topological polar surface area (TPSA) is 76.7 Å². The van der Waals surface area contributed by atoms with Crippen molar-refractivity contribution in [2.24, 2.45) is 0 Å². The highest BCUT2D eigenvalue weighted by Crippen LogP contribution is 2.19. The molecule has 0 bridgehead atoms. The second kappa shape index (κ2) is 5.03. The molecule has 0 aliphatic heterocycles. The van der Waals surface area contributed by atoms with Crippen LogP contribution in [-0.4, -0.2) is 20.3 Å². The lowest BCUT2D eigenvalue weighted by atomic mass is 10.3. The van der Waals surface area contributed by atoms with Crippen LogP contribution in [0.3, 0.4) is 0 Å². The zero-order valence-electron chi connectivity index (χ0n) is 9.81. The molecule has 0 saturated carbocycles. The maximum atomic E-state index is 12.3. The maximum absolute atomic E-state index is 12.3. The van der Waals surface area contributed by atoms with E-state index in [1.807, 2.05) is 0 Å². The summed E-state index contributed by atoms with van der Waals surface area (Å²) in [6.45, 7) is 3.80. The highest BCUT2D eigenvalue weighted by atomic mass is 19.3. The number of aromatic nitrogens is 4. The third-order valence-corrected chi connectivity index (χ3v) is 2.31. The Morgan fingerprint density at radius 2 is 2.06 bits per heavy atom. The Bertz CT molecular complexity index is 543. The van der Waals surface area contributed by atoms with Gasteiger partial charge >= 0.3 is 0 Å². The Kier molecular flexibility index (Phi) is 3.45. The Labute approximate surface area is 101 Å². The normalized spacial score (nSPS) is 10.9. The van der Waals surface area contributed by atoms with Crippen molar-refractivity contribution in [2.45, 2.75) is 26.8 Å². The van der Waals surface area contributed by atoms with Gasteiger partial charge in [0.15, 0.2) is 0 Å². The molecule has 96 valence electrons. The van der Waals surface area contributed by atoms with Crippen molar-refractivity contribution in [1.29, 1.82) is 0 Å². The number of hydrogen-bond acceptors (Lipinski definition) is 6.